The molecule has 0 aromatic heterocycles. The Balaban J connectivity index is 1.65. The molecule has 2 unspecified atom stereocenters. The number of hydrogen-bond acceptors (Lipinski definition) is 10. The molecule has 0 saturated heterocycles. The van der Waals surface area contributed by atoms with E-state index < -0.39 is 47.3 Å². The summed E-state index contributed by atoms with van der Waals surface area (Å²) in [4.78, 5) is 74.6. The number of carbonyl (C=O) groups excluding carboxylic acids is 6. The Morgan fingerprint density at radius 3 is 1.35 bits per heavy atom. The molecule has 0 aliphatic heterocycles. The molecule has 0 spiro atoms. The number of amides is 4. The Kier molecular flexibility index (Phi) is 10.2. The lowest BCUT2D eigenvalue weighted by Crippen LogP contribution is -2.44. The van der Waals surface area contributed by atoms with Crippen molar-refractivity contribution in [1.82, 2.24) is 10.6 Å². The van der Waals surface area contributed by atoms with Crippen molar-refractivity contribution in [1.29, 1.82) is 0 Å². The van der Waals surface area contributed by atoms with Crippen molar-refractivity contribution in [2.45, 2.75) is 24.9 Å². The number of fused-ring (bicyclic) bond motifs is 2. The van der Waals surface area contributed by atoms with Gasteiger partial charge in [0.15, 0.2) is 11.6 Å². The van der Waals surface area contributed by atoms with Crippen LogP contribution in [-0.4, -0.2) is 73.5 Å². The van der Waals surface area contributed by atoms with Crippen molar-refractivity contribution in [3.8, 4) is 0 Å². The SMILES string of the molecule is NCCC(N)C(=O)NCC(=O)Nc1ccc2c(c1)C(=O)c1ccc(NC(=O)CNC(=O)C(N)CCN)cc1C2=O. The minimum absolute atomic E-state index is 0.0950. The molecule has 1 aliphatic rings. The number of nitrogens with one attached hydrogen (secondary N) is 4. The lowest BCUT2D eigenvalue weighted by molar-refractivity contribution is -0.125. The van der Waals surface area contributed by atoms with Crippen molar-refractivity contribution in [2.75, 3.05) is 36.8 Å². The number of ketones is 2. The molecule has 14 heteroatoms. The molecule has 4 amide bonds. The highest BCUT2D eigenvalue weighted by Crippen LogP contribution is 2.31. The maximum absolute atomic E-state index is 13.2. The molecule has 14 nitrogen and oxygen atoms in total. The maximum atomic E-state index is 13.2. The van der Waals surface area contributed by atoms with Gasteiger partial charge in [-0.2, -0.15) is 0 Å². The van der Waals surface area contributed by atoms with Crippen molar-refractivity contribution in [3.05, 3.63) is 58.7 Å². The Labute approximate surface area is 229 Å². The molecule has 3 rings (SSSR count). The third-order valence-electron chi connectivity index (χ3n) is 6.06. The molecule has 2 aromatic carbocycles. The van der Waals surface area contributed by atoms with Gasteiger partial charge in [0.2, 0.25) is 23.6 Å². The highest BCUT2D eigenvalue weighted by atomic mass is 16.2. The van der Waals surface area contributed by atoms with Crippen LogP contribution in [0.25, 0.3) is 0 Å². The third-order valence-corrected chi connectivity index (χ3v) is 6.06. The molecule has 12 N–H and O–H groups in total. The van der Waals surface area contributed by atoms with Gasteiger partial charge in [0.25, 0.3) is 0 Å². The topological polar surface area (TPSA) is 255 Å². The van der Waals surface area contributed by atoms with Gasteiger partial charge in [-0.05, 0) is 62.3 Å². The van der Waals surface area contributed by atoms with Gasteiger partial charge in [-0.25, -0.2) is 0 Å². The summed E-state index contributed by atoms with van der Waals surface area (Å²) in [5.74, 6) is -3.03. The minimum Gasteiger partial charge on any atom is -0.346 e. The highest BCUT2D eigenvalue weighted by molar-refractivity contribution is 6.29. The highest BCUT2D eigenvalue weighted by Gasteiger charge is 2.30. The smallest absolute Gasteiger partial charge is 0.243 e. The second-order valence-electron chi connectivity index (χ2n) is 9.08. The Morgan fingerprint density at radius 1 is 0.625 bits per heavy atom. The summed E-state index contributed by atoms with van der Waals surface area (Å²) < 4.78 is 0. The zero-order chi connectivity index (χ0) is 29.4. The fourth-order valence-corrected chi connectivity index (χ4v) is 3.93. The summed E-state index contributed by atoms with van der Waals surface area (Å²) in [6, 6.07) is 6.84. The van der Waals surface area contributed by atoms with Crippen molar-refractivity contribution >= 4 is 46.6 Å². The predicted molar refractivity (Wildman–Crippen MR) is 146 cm³/mol. The van der Waals surface area contributed by atoms with Crippen LogP contribution in [0, 0.1) is 0 Å². The summed E-state index contributed by atoms with van der Waals surface area (Å²) in [6.45, 7) is -0.231. The zero-order valence-corrected chi connectivity index (χ0v) is 21.6. The van der Waals surface area contributed by atoms with Gasteiger partial charge in [0, 0.05) is 33.6 Å². The fraction of sp³-hybridized carbons (Fsp3) is 0.308. The number of benzene rings is 2. The predicted octanol–water partition coefficient (Wildman–Crippen LogP) is -2.08. The van der Waals surface area contributed by atoms with Crippen LogP contribution >= 0.6 is 0 Å². The molecule has 1 aliphatic carbocycles. The van der Waals surface area contributed by atoms with E-state index in [1.807, 2.05) is 0 Å². The molecule has 2 aromatic rings. The first-order valence-corrected chi connectivity index (χ1v) is 12.5. The molecule has 40 heavy (non-hydrogen) atoms. The van der Waals surface area contributed by atoms with Crippen LogP contribution < -0.4 is 44.2 Å². The molecule has 212 valence electrons. The molecule has 2 atom stereocenters. The molecule has 0 bridgehead atoms. The van der Waals surface area contributed by atoms with Crippen LogP contribution in [0.1, 0.15) is 44.7 Å². The Bertz CT molecular complexity index is 1240. The third kappa shape index (κ3) is 7.33. The summed E-state index contributed by atoms with van der Waals surface area (Å²) in [7, 11) is 0. The summed E-state index contributed by atoms with van der Waals surface area (Å²) in [5, 5.41) is 9.95. The molecule has 0 saturated carbocycles. The van der Waals surface area contributed by atoms with Crippen molar-refractivity contribution in [3.63, 3.8) is 0 Å². The van der Waals surface area contributed by atoms with Gasteiger partial charge in [-0.1, -0.05) is 0 Å². The van der Waals surface area contributed by atoms with Gasteiger partial charge < -0.3 is 44.2 Å². The average Bonchev–Trinajstić information content (AvgIpc) is 2.93. The summed E-state index contributed by atoms with van der Waals surface area (Å²) in [6.07, 6.45) is 0.541. The van der Waals surface area contributed by atoms with E-state index in [0.29, 0.717) is 0 Å². The lowest BCUT2D eigenvalue weighted by atomic mass is 9.83. The first-order valence-electron chi connectivity index (χ1n) is 12.5. The van der Waals surface area contributed by atoms with Gasteiger partial charge in [-0.3, -0.25) is 28.8 Å². The normalized spacial score (nSPS) is 13.4. The molecule has 0 heterocycles. The van der Waals surface area contributed by atoms with Crippen LogP contribution in [0.2, 0.25) is 0 Å². The quantitative estimate of drug-likeness (QED) is 0.122. The van der Waals surface area contributed by atoms with Crippen LogP contribution in [0.4, 0.5) is 11.4 Å². The van der Waals surface area contributed by atoms with Gasteiger partial charge in [0.1, 0.15) is 0 Å². The minimum atomic E-state index is -0.828. The lowest BCUT2D eigenvalue weighted by Gasteiger charge is -2.19. The van der Waals surface area contributed by atoms with E-state index in [4.69, 9.17) is 22.9 Å². The molecule has 0 fully saturated rings. The van der Waals surface area contributed by atoms with E-state index in [-0.39, 0.29) is 72.6 Å². The molecule has 0 radical (unpaired) electrons. The Morgan fingerprint density at radius 2 is 1.00 bits per heavy atom. The van der Waals surface area contributed by atoms with Crippen LogP contribution in [-0.2, 0) is 19.2 Å². The van der Waals surface area contributed by atoms with E-state index in [9.17, 15) is 28.8 Å². The van der Waals surface area contributed by atoms with E-state index in [1.54, 1.807) is 0 Å². The van der Waals surface area contributed by atoms with E-state index in [1.165, 1.54) is 36.4 Å². The fourth-order valence-electron chi connectivity index (χ4n) is 3.93. The molecular weight excluding hydrogens is 520 g/mol. The van der Waals surface area contributed by atoms with Crippen molar-refractivity contribution in [2.24, 2.45) is 22.9 Å². The average molecular weight is 553 g/mol. The van der Waals surface area contributed by atoms with Crippen LogP contribution in [0.3, 0.4) is 0 Å². The van der Waals surface area contributed by atoms with Crippen LogP contribution in [0.5, 0.6) is 0 Å². The zero-order valence-electron chi connectivity index (χ0n) is 21.6. The van der Waals surface area contributed by atoms with Gasteiger partial charge >= 0.3 is 0 Å². The van der Waals surface area contributed by atoms with E-state index in [2.05, 4.69) is 21.3 Å². The summed E-state index contributed by atoms with van der Waals surface area (Å²) >= 11 is 0. The van der Waals surface area contributed by atoms with E-state index in [0.717, 1.165) is 0 Å². The maximum Gasteiger partial charge on any atom is 0.243 e. The van der Waals surface area contributed by atoms with Gasteiger partial charge in [-0.15, -0.1) is 0 Å². The van der Waals surface area contributed by atoms with Crippen molar-refractivity contribution < 1.29 is 28.8 Å². The number of nitrogens with two attached hydrogens (primary N) is 4. The standard InChI is InChI=1S/C26H32N8O6/c27-7-5-19(29)25(39)31-11-21(35)33-13-1-3-15-17(9-13)24(38)16-4-2-14(10-18(16)23(15)37)34-22(36)12-32-26(40)20(30)6-8-28/h1-4,9-10,19-20H,5-8,11-12,27-30H2,(H,31,39)(H,32,40)(H,33,35)(H,34,36). The molecular formula is C26H32N8O6. The first-order chi connectivity index (χ1) is 19.0. The monoisotopic (exact) mass is 552 g/mol. The number of hydrogen-bond donors (Lipinski definition) is 8. The van der Waals surface area contributed by atoms with Gasteiger partial charge in [0.05, 0.1) is 25.2 Å². The second kappa shape index (κ2) is 13.5. The first kappa shape index (κ1) is 30.0. The largest absolute Gasteiger partial charge is 0.346 e. The number of carbonyl (C=O) groups is 6. The number of anilines is 2. The summed E-state index contributed by atoms with van der Waals surface area (Å²) in [5.41, 5.74) is 23.0. The van der Waals surface area contributed by atoms with E-state index >= 15 is 0 Å². The van der Waals surface area contributed by atoms with Crippen LogP contribution in [0.15, 0.2) is 36.4 Å². The second-order valence-corrected chi connectivity index (χ2v) is 9.08. The number of rotatable bonds is 12. The Hall–Kier alpha value is -4.50.